The molecule has 0 atom stereocenters. The van der Waals surface area contributed by atoms with E-state index >= 15 is 0 Å². The van der Waals surface area contributed by atoms with Gasteiger partial charge in [-0.3, -0.25) is 14.1 Å². The molecule has 5 heteroatoms. The Balaban J connectivity index is 1.43. The fraction of sp³-hybridized carbons (Fsp3) is 0.304. The van der Waals surface area contributed by atoms with Crippen LogP contribution in [0.15, 0.2) is 61.2 Å². The van der Waals surface area contributed by atoms with Gasteiger partial charge in [0.25, 0.3) is 0 Å². The molecule has 0 spiro atoms. The number of likely N-dealkylation sites (tertiary alicyclic amines) is 1. The van der Waals surface area contributed by atoms with E-state index in [2.05, 4.69) is 62.0 Å². The number of nitrogens with zero attached hydrogens (tertiary/aromatic N) is 5. The third kappa shape index (κ3) is 3.34. The molecule has 3 heterocycles. The number of aryl methyl sites for hydroxylation is 1. The number of benzene rings is 2. The Morgan fingerprint density at radius 1 is 0.929 bits per heavy atom. The predicted molar refractivity (Wildman–Crippen MR) is 112 cm³/mol. The Hall–Kier alpha value is -2.92. The van der Waals surface area contributed by atoms with Crippen LogP contribution < -0.4 is 0 Å². The normalized spacial score (nSPS) is 15.3. The van der Waals surface area contributed by atoms with Crippen LogP contribution in [-0.4, -0.2) is 37.3 Å². The van der Waals surface area contributed by atoms with Crippen LogP contribution in [0.4, 0.5) is 0 Å². The van der Waals surface area contributed by atoms with Gasteiger partial charge in [-0.2, -0.15) is 5.10 Å². The molecule has 0 saturated carbocycles. The van der Waals surface area contributed by atoms with Crippen LogP contribution in [0.5, 0.6) is 0 Å². The summed E-state index contributed by atoms with van der Waals surface area (Å²) in [5.74, 6) is 0. The van der Waals surface area contributed by atoms with E-state index in [1.165, 1.54) is 37.9 Å². The lowest BCUT2D eigenvalue weighted by Crippen LogP contribution is -2.29. The molecule has 28 heavy (non-hydrogen) atoms. The molecule has 0 unspecified atom stereocenters. The Kier molecular flexibility index (Phi) is 4.45. The first kappa shape index (κ1) is 17.2. The van der Waals surface area contributed by atoms with E-state index in [-0.39, 0.29) is 0 Å². The van der Waals surface area contributed by atoms with E-state index < -0.39 is 0 Å². The predicted octanol–water partition coefficient (Wildman–Crippen LogP) is 4.41. The number of aromatic nitrogens is 4. The van der Waals surface area contributed by atoms with E-state index in [9.17, 15) is 0 Å². The molecule has 1 saturated heterocycles. The first-order valence-electron chi connectivity index (χ1n) is 10.0. The standard InChI is InChI=1S/C23H25N5/c1-26-16-20(14-25-26)19-7-10-22-23(13-19)28(17-24-22)21-8-5-18(6-9-21)15-27-11-3-2-4-12-27/h5-10,13-14,16-17H,2-4,11-12,15H2,1H3. The van der Waals surface area contributed by atoms with Crippen molar-refractivity contribution >= 4 is 11.0 Å². The maximum Gasteiger partial charge on any atom is 0.100 e. The molecule has 4 aromatic rings. The highest BCUT2D eigenvalue weighted by atomic mass is 15.2. The van der Waals surface area contributed by atoms with Crippen LogP contribution in [0, 0.1) is 0 Å². The Morgan fingerprint density at radius 2 is 1.75 bits per heavy atom. The second-order valence-corrected chi connectivity index (χ2v) is 7.72. The third-order valence-corrected chi connectivity index (χ3v) is 5.65. The number of hydrogen-bond donors (Lipinski definition) is 0. The SMILES string of the molecule is Cn1cc(-c2ccc3ncn(-c4ccc(CN5CCCCC5)cc4)c3c2)cn1. The van der Waals surface area contributed by atoms with Crippen LogP contribution in [0.25, 0.3) is 27.8 Å². The van der Waals surface area contributed by atoms with Crippen molar-refractivity contribution in [1.29, 1.82) is 0 Å². The van der Waals surface area contributed by atoms with Gasteiger partial charge in [0, 0.05) is 31.0 Å². The largest absolute Gasteiger partial charge is 0.299 e. The van der Waals surface area contributed by atoms with Crippen LogP contribution in [0.3, 0.4) is 0 Å². The molecule has 142 valence electrons. The monoisotopic (exact) mass is 371 g/mol. The summed E-state index contributed by atoms with van der Waals surface area (Å²) in [6.45, 7) is 3.51. The van der Waals surface area contributed by atoms with Crippen molar-refractivity contribution in [3.8, 4) is 16.8 Å². The smallest absolute Gasteiger partial charge is 0.100 e. The quantitative estimate of drug-likeness (QED) is 0.533. The third-order valence-electron chi connectivity index (χ3n) is 5.65. The summed E-state index contributed by atoms with van der Waals surface area (Å²) in [4.78, 5) is 7.15. The van der Waals surface area contributed by atoms with Crippen LogP contribution in [-0.2, 0) is 13.6 Å². The molecule has 1 fully saturated rings. The van der Waals surface area contributed by atoms with Crippen molar-refractivity contribution in [3.63, 3.8) is 0 Å². The Bertz CT molecular complexity index is 1080. The molecule has 0 radical (unpaired) electrons. The second kappa shape index (κ2) is 7.24. The number of rotatable bonds is 4. The minimum atomic E-state index is 1.00. The first-order valence-corrected chi connectivity index (χ1v) is 10.0. The minimum Gasteiger partial charge on any atom is -0.299 e. The number of hydrogen-bond acceptors (Lipinski definition) is 3. The number of fused-ring (bicyclic) bond motifs is 1. The fourth-order valence-electron chi connectivity index (χ4n) is 4.10. The molecule has 2 aromatic heterocycles. The van der Waals surface area contributed by atoms with Gasteiger partial charge in [-0.15, -0.1) is 0 Å². The zero-order valence-corrected chi connectivity index (χ0v) is 16.3. The van der Waals surface area contributed by atoms with Crippen LogP contribution >= 0.6 is 0 Å². The lowest BCUT2D eigenvalue weighted by molar-refractivity contribution is 0.221. The zero-order chi connectivity index (χ0) is 18.9. The van der Waals surface area contributed by atoms with Crippen molar-refractivity contribution in [2.24, 2.45) is 7.05 Å². The molecular formula is C23H25N5. The average Bonchev–Trinajstić information content (AvgIpc) is 3.35. The molecule has 5 nitrogen and oxygen atoms in total. The van der Waals surface area contributed by atoms with Gasteiger partial charge in [-0.1, -0.05) is 24.6 Å². The van der Waals surface area contributed by atoms with Gasteiger partial charge < -0.3 is 0 Å². The van der Waals surface area contributed by atoms with Gasteiger partial charge in [-0.25, -0.2) is 4.98 Å². The molecular weight excluding hydrogens is 346 g/mol. The summed E-state index contributed by atoms with van der Waals surface area (Å²) in [5.41, 5.74) is 6.92. The van der Waals surface area contributed by atoms with E-state index in [1.807, 2.05) is 30.5 Å². The van der Waals surface area contributed by atoms with Crippen molar-refractivity contribution in [3.05, 3.63) is 66.7 Å². The average molecular weight is 371 g/mol. The molecule has 0 amide bonds. The molecule has 1 aliphatic heterocycles. The molecule has 0 bridgehead atoms. The maximum absolute atomic E-state index is 4.58. The molecule has 0 N–H and O–H groups in total. The molecule has 2 aromatic carbocycles. The minimum absolute atomic E-state index is 1.00. The molecule has 0 aliphatic carbocycles. The van der Waals surface area contributed by atoms with E-state index in [4.69, 9.17) is 0 Å². The fourth-order valence-corrected chi connectivity index (χ4v) is 4.10. The Morgan fingerprint density at radius 3 is 2.50 bits per heavy atom. The maximum atomic E-state index is 4.58. The van der Waals surface area contributed by atoms with Gasteiger partial charge in [0.05, 0.1) is 17.2 Å². The molecule has 1 aliphatic rings. The van der Waals surface area contributed by atoms with Crippen molar-refractivity contribution in [1.82, 2.24) is 24.2 Å². The van der Waals surface area contributed by atoms with E-state index in [1.54, 1.807) is 0 Å². The summed E-state index contributed by atoms with van der Waals surface area (Å²) in [6, 6.07) is 15.3. The summed E-state index contributed by atoms with van der Waals surface area (Å²) < 4.78 is 4.00. The van der Waals surface area contributed by atoms with Gasteiger partial charge >= 0.3 is 0 Å². The number of imidazole rings is 1. The van der Waals surface area contributed by atoms with Crippen molar-refractivity contribution in [2.45, 2.75) is 25.8 Å². The van der Waals surface area contributed by atoms with Gasteiger partial charge in [0.2, 0.25) is 0 Å². The van der Waals surface area contributed by atoms with E-state index in [0.717, 1.165) is 34.4 Å². The number of piperidine rings is 1. The summed E-state index contributed by atoms with van der Waals surface area (Å²) in [6.07, 6.45) is 9.90. The Labute approximate surface area is 165 Å². The lowest BCUT2D eigenvalue weighted by atomic mass is 10.1. The second-order valence-electron chi connectivity index (χ2n) is 7.72. The summed E-state index contributed by atoms with van der Waals surface area (Å²) in [5, 5.41) is 4.29. The van der Waals surface area contributed by atoms with Crippen molar-refractivity contribution in [2.75, 3.05) is 13.1 Å². The lowest BCUT2D eigenvalue weighted by Gasteiger charge is -2.26. The summed E-state index contributed by atoms with van der Waals surface area (Å²) >= 11 is 0. The van der Waals surface area contributed by atoms with Crippen molar-refractivity contribution < 1.29 is 0 Å². The van der Waals surface area contributed by atoms with Gasteiger partial charge in [-0.05, 0) is 61.3 Å². The zero-order valence-electron chi connectivity index (χ0n) is 16.3. The first-order chi connectivity index (χ1) is 13.8. The van der Waals surface area contributed by atoms with Gasteiger partial charge in [0.1, 0.15) is 6.33 Å². The van der Waals surface area contributed by atoms with Gasteiger partial charge in [0.15, 0.2) is 0 Å². The van der Waals surface area contributed by atoms with Crippen LogP contribution in [0.2, 0.25) is 0 Å². The highest BCUT2D eigenvalue weighted by molar-refractivity contribution is 5.83. The highest BCUT2D eigenvalue weighted by Gasteiger charge is 2.11. The topological polar surface area (TPSA) is 38.9 Å². The van der Waals surface area contributed by atoms with E-state index in [0.29, 0.717) is 0 Å². The molecule has 5 rings (SSSR count). The summed E-state index contributed by atoms with van der Waals surface area (Å²) in [7, 11) is 1.94. The highest BCUT2D eigenvalue weighted by Crippen LogP contribution is 2.26. The van der Waals surface area contributed by atoms with Crippen LogP contribution in [0.1, 0.15) is 24.8 Å².